The minimum Gasteiger partial charge on any atom is -0.378 e. The summed E-state index contributed by atoms with van der Waals surface area (Å²) in [6, 6.07) is 3.32. The Labute approximate surface area is 98.0 Å². The molecule has 0 amide bonds. The summed E-state index contributed by atoms with van der Waals surface area (Å²) in [7, 11) is -3.88. The Morgan fingerprint density at radius 3 is 2.62 bits per heavy atom. The second-order valence-corrected chi connectivity index (χ2v) is 5.15. The van der Waals surface area contributed by atoms with Crippen molar-refractivity contribution in [2.45, 2.75) is 4.90 Å². The monoisotopic (exact) mass is 264 g/mol. The lowest BCUT2D eigenvalue weighted by atomic mass is 10.3. The van der Waals surface area contributed by atoms with Gasteiger partial charge in [0.05, 0.1) is 17.1 Å². The summed E-state index contributed by atoms with van der Waals surface area (Å²) in [6.07, 6.45) is 0. The highest BCUT2D eigenvalue weighted by Gasteiger charge is 2.11. The minimum absolute atomic E-state index is 0.134. The Morgan fingerprint density at radius 2 is 2.19 bits per heavy atom. The molecule has 0 aliphatic heterocycles. The van der Waals surface area contributed by atoms with Crippen molar-refractivity contribution in [3.63, 3.8) is 0 Å². The van der Waals surface area contributed by atoms with E-state index in [1.54, 1.807) is 0 Å². The van der Waals surface area contributed by atoms with E-state index in [1.165, 1.54) is 12.1 Å². The SMILES string of the molecule is C=C(Cl)CNc1ccc(S(N)(=O)=O)cc1F. The van der Waals surface area contributed by atoms with Crippen molar-refractivity contribution in [3.05, 3.63) is 35.6 Å². The third-order valence-corrected chi connectivity index (χ3v) is 2.78. The van der Waals surface area contributed by atoms with Crippen LogP contribution in [0, 0.1) is 5.82 Å². The van der Waals surface area contributed by atoms with Gasteiger partial charge >= 0.3 is 0 Å². The van der Waals surface area contributed by atoms with Crippen LogP contribution in [-0.4, -0.2) is 15.0 Å². The first-order valence-electron chi connectivity index (χ1n) is 4.20. The van der Waals surface area contributed by atoms with Crippen molar-refractivity contribution in [2.75, 3.05) is 11.9 Å². The minimum atomic E-state index is -3.88. The number of sulfonamides is 1. The zero-order valence-corrected chi connectivity index (χ0v) is 9.78. The molecule has 0 aliphatic rings. The van der Waals surface area contributed by atoms with E-state index in [0.717, 1.165) is 6.07 Å². The highest BCUT2D eigenvalue weighted by atomic mass is 35.5. The zero-order valence-electron chi connectivity index (χ0n) is 8.20. The van der Waals surface area contributed by atoms with Crippen molar-refractivity contribution >= 4 is 27.3 Å². The fraction of sp³-hybridized carbons (Fsp3) is 0.111. The van der Waals surface area contributed by atoms with Crippen LogP contribution in [0.15, 0.2) is 34.7 Å². The fourth-order valence-corrected chi connectivity index (χ4v) is 1.60. The van der Waals surface area contributed by atoms with Crippen molar-refractivity contribution in [2.24, 2.45) is 5.14 Å². The molecule has 1 aromatic rings. The molecule has 3 N–H and O–H groups in total. The van der Waals surface area contributed by atoms with Gasteiger partial charge in [-0.3, -0.25) is 0 Å². The lowest BCUT2D eigenvalue weighted by molar-refractivity contribution is 0.593. The van der Waals surface area contributed by atoms with Crippen molar-refractivity contribution in [3.8, 4) is 0 Å². The maximum atomic E-state index is 13.4. The first-order chi connectivity index (χ1) is 7.30. The van der Waals surface area contributed by atoms with Gasteiger partial charge in [0, 0.05) is 5.03 Å². The van der Waals surface area contributed by atoms with Gasteiger partial charge in [-0.1, -0.05) is 18.2 Å². The van der Waals surface area contributed by atoms with Gasteiger partial charge < -0.3 is 5.32 Å². The number of nitrogens with two attached hydrogens (primary N) is 1. The summed E-state index contributed by atoms with van der Waals surface area (Å²) >= 11 is 5.49. The maximum absolute atomic E-state index is 13.4. The molecule has 88 valence electrons. The largest absolute Gasteiger partial charge is 0.378 e. The molecule has 0 saturated carbocycles. The van der Waals surface area contributed by atoms with Gasteiger partial charge in [-0.25, -0.2) is 17.9 Å². The van der Waals surface area contributed by atoms with Crippen LogP contribution < -0.4 is 10.5 Å². The zero-order chi connectivity index (χ0) is 12.3. The Balaban J connectivity index is 2.96. The van der Waals surface area contributed by atoms with Crippen LogP contribution in [0.3, 0.4) is 0 Å². The number of primary sulfonamides is 1. The Morgan fingerprint density at radius 1 is 1.56 bits per heavy atom. The highest BCUT2D eigenvalue weighted by Crippen LogP contribution is 2.18. The molecule has 7 heteroatoms. The maximum Gasteiger partial charge on any atom is 0.238 e. The van der Waals surface area contributed by atoms with E-state index < -0.39 is 15.8 Å². The van der Waals surface area contributed by atoms with Crippen molar-refractivity contribution in [1.82, 2.24) is 0 Å². The van der Waals surface area contributed by atoms with Crippen LogP contribution in [0.4, 0.5) is 10.1 Å². The summed E-state index contributed by atoms with van der Waals surface area (Å²) in [4.78, 5) is -0.278. The van der Waals surface area contributed by atoms with Gasteiger partial charge in [-0.05, 0) is 18.2 Å². The normalized spacial score (nSPS) is 11.2. The van der Waals surface area contributed by atoms with E-state index in [-0.39, 0.29) is 17.1 Å². The molecule has 1 aromatic carbocycles. The molecule has 0 bridgehead atoms. The fourth-order valence-electron chi connectivity index (χ4n) is 1.01. The van der Waals surface area contributed by atoms with Gasteiger partial charge in [0.25, 0.3) is 0 Å². The summed E-state index contributed by atoms with van der Waals surface area (Å²) in [6.45, 7) is 3.61. The predicted molar refractivity (Wildman–Crippen MR) is 61.3 cm³/mol. The van der Waals surface area contributed by atoms with E-state index in [2.05, 4.69) is 11.9 Å². The molecule has 0 heterocycles. The van der Waals surface area contributed by atoms with E-state index in [1.807, 2.05) is 0 Å². The van der Waals surface area contributed by atoms with Crippen LogP contribution in [0.25, 0.3) is 0 Å². The second kappa shape index (κ2) is 4.82. The average Bonchev–Trinajstić information content (AvgIpc) is 2.14. The van der Waals surface area contributed by atoms with Gasteiger partial charge in [0.2, 0.25) is 10.0 Å². The molecular weight excluding hydrogens is 255 g/mol. The summed E-state index contributed by atoms with van der Waals surface area (Å²) in [5, 5.41) is 7.81. The van der Waals surface area contributed by atoms with Crippen molar-refractivity contribution in [1.29, 1.82) is 0 Å². The van der Waals surface area contributed by atoms with E-state index >= 15 is 0 Å². The highest BCUT2D eigenvalue weighted by molar-refractivity contribution is 7.89. The standard InChI is InChI=1S/C9H10ClFN2O2S/c1-6(10)5-13-9-3-2-7(4-8(9)11)16(12,14)15/h2-4,13H,1,5H2,(H2,12,14,15). The number of anilines is 1. The van der Waals surface area contributed by atoms with Gasteiger partial charge in [0.15, 0.2) is 0 Å². The number of hydrogen-bond acceptors (Lipinski definition) is 3. The molecule has 0 spiro atoms. The summed E-state index contributed by atoms with van der Waals surface area (Å²) in [5.41, 5.74) is 0.134. The topological polar surface area (TPSA) is 72.2 Å². The number of hydrogen-bond donors (Lipinski definition) is 2. The predicted octanol–water partition coefficient (Wildman–Crippen LogP) is 1.64. The third-order valence-electron chi connectivity index (χ3n) is 1.74. The first kappa shape index (κ1) is 13.0. The molecule has 0 aromatic heterocycles. The molecule has 4 nitrogen and oxygen atoms in total. The summed E-state index contributed by atoms with van der Waals surface area (Å²) in [5.74, 6) is -0.718. The Hall–Kier alpha value is -1.11. The average molecular weight is 265 g/mol. The molecular formula is C9H10ClFN2O2S. The van der Waals surface area contributed by atoms with Gasteiger partial charge in [0.1, 0.15) is 5.82 Å². The number of benzene rings is 1. The van der Waals surface area contributed by atoms with E-state index in [4.69, 9.17) is 16.7 Å². The molecule has 0 fully saturated rings. The molecule has 0 aliphatic carbocycles. The summed E-state index contributed by atoms with van der Waals surface area (Å²) < 4.78 is 35.2. The Bertz CT molecular complexity index is 516. The molecule has 0 radical (unpaired) electrons. The number of rotatable bonds is 4. The quantitative estimate of drug-likeness (QED) is 0.868. The molecule has 16 heavy (non-hydrogen) atoms. The molecule has 0 unspecified atom stereocenters. The van der Waals surface area contributed by atoms with Crippen LogP contribution in [0.2, 0.25) is 0 Å². The van der Waals surface area contributed by atoms with E-state index in [0.29, 0.717) is 5.03 Å². The lowest BCUT2D eigenvalue weighted by Crippen LogP contribution is -2.13. The Kier molecular flexibility index (Phi) is 3.90. The van der Waals surface area contributed by atoms with Gasteiger partial charge in [-0.2, -0.15) is 0 Å². The smallest absolute Gasteiger partial charge is 0.238 e. The van der Waals surface area contributed by atoms with Crippen LogP contribution >= 0.6 is 11.6 Å². The molecule has 1 rings (SSSR count). The molecule has 0 saturated heterocycles. The van der Waals surface area contributed by atoms with Crippen LogP contribution in [-0.2, 0) is 10.0 Å². The third kappa shape index (κ3) is 3.48. The van der Waals surface area contributed by atoms with Gasteiger partial charge in [-0.15, -0.1) is 0 Å². The molecule has 0 atom stereocenters. The second-order valence-electron chi connectivity index (χ2n) is 3.06. The lowest BCUT2D eigenvalue weighted by Gasteiger charge is -2.07. The van der Waals surface area contributed by atoms with Crippen LogP contribution in [0.1, 0.15) is 0 Å². The van der Waals surface area contributed by atoms with E-state index in [9.17, 15) is 12.8 Å². The van der Waals surface area contributed by atoms with Crippen LogP contribution in [0.5, 0.6) is 0 Å². The van der Waals surface area contributed by atoms with Crippen molar-refractivity contribution < 1.29 is 12.8 Å². The number of nitrogens with one attached hydrogen (secondary N) is 1. The first-order valence-corrected chi connectivity index (χ1v) is 6.12. The number of halogens is 2.